The van der Waals surface area contributed by atoms with Crippen molar-refractivity contribution in [2.24, 2.45) is 0 Å². The van der Waals surface area contributed by atoms with Crippen LogP contribution in [-0.4, -0.2) is 18.6 Å². The Labute approximate surface area is 103 Å². The number of rotatable bonds is 2. The summed E-state index contributed by atoms with van der Waals surface area (Å²) in [6.45, 7) is 0.483. The smallest absolute Gasteiger partial charge is 0.185 e. The average molecular weight is 268 g/mol. The van der Waals surface area contributed by atoms with Crippen LogP contribution in [0.3, 0.4) is 0 Å². The second kappa shape index (κ2) is 4.89. The Balaban J connectivity index is 2.19. The van der Waals surface area contributed by atoms with Gasteiger partial charge >= 0.3 is 0 Å². The standard InChI is InChI=1S/C10H9Cl3O2/c11-4-7-5-14-10(15-7)8-3-6(12)1-2-9(8)13/h1-3,7,10H,4-5H2. The van der Waals surface area contributed by atoms with Crippen LogP contribution >= 0.6 is 34.8 Å². The first kappa shape index (κ1) is 11.5. The summed E-state index contributed by atoms with van der Waals surface area (Å²) in [5, 5.41) is 1.19. The number of benzene rings is 1. The fourth-order valence-corrected chi connectivity index (χ4v) is 1.94. The van der Waals surface area contributed by atoms with E-state index in [0.29, 0.717) is 22.5 Å². The van der Waals surface area contributed by atoms with Crippen LogP contribution in [0, 0.1) is 0 Å². The number of hydrogen-bond donors (Lipinski definition) is 0. The molecule has 1 saturated heterocycles. The Morgan fingerprint density at radius 3 is 2.80 bits per heavy atom. The molecule has 1 fully saturated rings. The third-order valence-electron chi connectivity index (χ3n) is 2.13. The van der Waals surface area contributed by atoms with E-state index in [2.05, 4.69) is 0 Å². The molecule has 2 atom stereocenters. The number of alkyl halides is 1. The first-order chi connectivity index (χ1) is 7.20. The molecule has 5 heteroatoms. The average Bonchev–Trinajstić information content (AvgIpc) is 2.70. The van der Waals surface area contributed by atoms with Gasteiger partial charge in [-0.3, -0.25) is 0 Å². The van der Waals surface area contributed by atoms with Crippen molar-refractivity contribution in [3.8, 4) is 0 Å². The quantitative estimate of drug-likeness (QED) is 0.762. The highest BCUT2D eigenvalue weighted by Gasteiger charge is 2.28. The molecule has 0 saturated carbocycles. The van der Waals surface area contributed by atoms with E-state index in [1.165, 1.54) is 0 Å². The normalized spacial score (nSPS) is 25.8. The molecule has 0 aromatic heterocycles. The Hall–Kier alpha value is 0.01000. The van der Waals surface area contributed by atoms with Crippen LogP contribution in [-0.2, 0) is 9.47 Å². The molecule has 0 bridgehead atoms. The Bertz CT molecular complexity index is 357. The van der Waals surface area contributed by atoms with E-state index < -0.39 is 6.29 Å². The van der Waals surface area contributed by atoms with E-state index in [0.717, 1.165) is 5.56 Å². The molecule has 15 heavy (non-hydrogen) atoms. The number of halogens is 3. The van der Waals surface area contributed by atoms with E-state index in [9.17, 15) is 0 Å². The molecule has 0 radical (unpaired) electrons. The minimum Gasteiger partial charge on any atom is -0.346 e. The van der Waals surface area contributed by atoms with Gasteiger partial charge in [0, 0.05) is 15.6 Å². The zero-order valence-corrected chi connectivity index (χ0v) is 10.0. The van der Waals surface area contributed by atoms with Crippen molar-refractivity contribution in [1.29, 1.82) is 0 Å². The molecule has 0 aliphatic carbocycles. The van der Waals surface area contributed by atoms with Gasteiger partial charge in [-0.1, -0.05) is 23.2 Å². The summed E-state index contributed by atoms with van der Waals surface area (Å²) >= 11 is 17.6. The zero-order valence-electron chi connectivity index (χ0n) is 7.75. The summed E-state index contributed by atoms with van der Waals surface area (Å²) in [5.74, 6) is 0.411. The van der Waals surface area contributed by atoms with E-state index in [1.54, 1.807) is 18.2 Å². The SMILES string of the molecule is ClCC1COC(c2cc(Cl)ccc2Cl)O1. The molecule has 1 aromatic rings. The van der Waals surface area contributed by atoms with Crippen molar-refractivity contribution in [3.63, 3.8) is 0 Å². The minimum atomic E-state index is -0.458. The van der Waals surface area contributed by atoms with Crippen LogP contribution in [0.25, 0.3) is 0 Å². The maximum Gasteiger partial charge on any atom is 0.185 e. The predicted molar refractivity (Wildman–Crippen MR) is 60.7 cm³/mol. The van der Waals surface area contributed by atoms with Gasteiger partial charge in [-0.25, -0.2) is 0 Å². The fourth-order valence-electron chi connectivity index (χ4n) is 1.39. The van der Waals surface area contributed by atoms with E-state index in [1.807, 2.05) is 0 Å². The van der Waals surface area contributed by atoms with Crippen LogP contribution in [0.15, 0.2) is 18.2 Å². The summed E-state index contributed by atoms with van der Waals surface area (Å²) in [5.41, 5.74) is 0.747. The Morgan fingerprint density at radius 2 is 2.13 bits per heavy atom. The second-order valence-electron chi connectivity index (χ2n) is 3.24. The largest absolute Gasteiger partial charge is 0.346 e. The van der Waals surface area contributed by atoms with E-state index in [-0.39, 0.29) is 6.10 Å². The molecular weight excluding hydrogens is 258 g/mol. The maximum absolute atomic E-state index is 6.02. The number of hydrogen-bond acceptors (Lipinski definition) is 2. The van der Waals surface area contributed by atoms with E-state index >= 15 is 0 Å². The third-order valence-corrected chi connectivity index (χ3v) is 3.06. The zero-order chi connectivity index (χ0) is 10.8. The van der Waals surface area contributed by atoms with Crippen LogP contribution in [0.4, 0.5) is 0 Å². The van der Waals surface area contributed by atoms with Crippen molar-refractivity contribution in [2.45, 2.75) is 12.4 Å². The number of ether oxygens (including phenoxy) is 2. The summed E-state index contributed by atoms with van der Waals surface area (Å²) in [6.07, 6.45) is -0.535. The van der Waals surface area contributed by atoms with Gasteiger partial charge < -0.3 is 9.47 Å². The van der Waals surface area contributed by atoms with Crippen LogP contribution in [0.1, 0.15) is 11.9 Å². The monoisotopic (exact) mass is 266 g/mol. The summed E-state index contributed by atoms with van der Waals surface area (Å²) in [7, 11) is 0. The van der Waals surface area contributed by atoms with Gasteiger partial charge in [-0.05, 0) is 18.2 Å². The summed E-state index contributed by atoms with van der Waals surface area (Å²) in [6, 6.07) is 5.19. The molecule has 0 amide bonds. The molecule has 2 rings (SSSR count). The minimum absolute atomic E-state index is 0.0771. The third kappa shape index (κ3) is 2.58. The molecule has 2 unspecified atom stereocenters. The first-order valence-corrected chi connectivity index (χ1v) is 5.77. The van der Waals surface area contributed by atoms with Gasteiger partial charge in [0.05, 0.1) is 18.6 Å². The van der Waals surface area contributed by atoms with Crippen molar-refractivity contribution in [2.75, 3.05) is 12.5 Å². The van der Waals surface area contributed by atoms with Crippen LogP contribution in [0.2, 0.25) is 10.0 Å². The molecular formula is C10H9Cl3O2. The van der Waals surface area contributed by atoms with Crippen molar-refractivity contribution >= 4 is 34.8 Å². The first-order valence-electron chi connectivity index (χ1n) is 4.48. The van der Waals surface area contributed by atoms with Crippen molar-refractivity contribution in [1.82, 2.24) is 0 Å². The van der Waals surface area contributed by atoms with Crippen molar-refractivity contribution in [3.05, 3.63) is 33.8 Å². The molecule has 1 aliphatic heterocycles. The molecule has 0 N–H and O–H groups in total. The molecule has 1 heterocycles. The highest BCUT2D eigenvalue weighted by molar-refractivity contribution is 6.33. The second-order valence-corrected chi connectivity index (χ2v) is 4.40. The molecule has 1 aromatic carbocycles. The van der Waals surface area contributed by atoms with Gasteiger partial charge in [-0.15, -0.1) is 11.6 Å². The lowest BCUT2D eigenvalue weighted by molar-refractivity contribution is -0.0566. The van der Waals surface area contributed by atoms with Gasteiger partial charge in [-0.2, -0.15) is 0 Å². The lowest BCUT2D eigenvalue weighted by atomic mass is 10.2. The van der Waals surface area contributed by atoms with Gasteiger partial charge in [0.25, 0.3) is 0 Å². The molecule has 82 valence electrons. The van der Waals surface area contributed by atoms with E-state index in [4.69, 9.17) is 44.3 Å². The predicted octanol–water partition coefficient (Wildman–Crippen LogP) is 3.65. The van der Waals surface area contributed by atoms with Gasteiger partial charge in [0.1, 0.15) is 0 Å². The maximum atomic E-state index is 6.02. The lowest BCUT2D eigenvalue weighted by Gasteiger charge is -2.12. The topological polar surface area (TPSA) is 18.5 Å². The summed E-state index contributed by atoms with van der Waals surface area (Å²) < 4.78 is 11.0. The Kier molecular flexibility index (Phi) is 3.75. The van der Waals surface area contributed by atoms with Crippen LogP contribution < -0.4 is 0 Å². The lowest BCUT2D eigenvalue weighted by Crippen LogP contribution is -2.10. The summed E-state index contributed by atoms with van der Waals surface area (Å²) in [4.78, 5) is 0. The van der Waals surface area contributed by atoms with Gasteiger partial charge in [0.2, 0.25) is 0 Å². The fraction of sp³-hybridized carbons (Fsp3) is 0.400. The molecule has 1 aliphatic rings. The van der Waals surface area contributed by atoms with Gasteiger partial charge in [0.15, 0.2) is 6.29 Å². The Morgan fingerprint density at radius 1 is 1.33 bits per heavy atom. The molecule has 0 spiro atoms. The van der Waals surface area contributed by atoms with Crippen molar-refractivity contribution < 1.29 is 9.47 Å². The highest BCUT2D eigenvalue weighted by atomic mass is 35.5. The highest BCUT2D eigenvalue weighted by Crippen LogP contribution is 2.33. The van der Waals surface area contributed by atoms with Crippen LogP contribution in [0.5, 0.6) is 0 Å². The molecule has 2 nitrogen and oxygen atoms in total.